The Morgan fingerprint density at radius 3 is 2.67 bits per heavy atom. The van der Waals surface area contributed by atoms with Crippen molar-refractivity contribution in [3.05, 3.63) is 43.0 Å². The number of nitrogens with zero attached hydrogens (tertiary/aromatic N) is 3. The van der Waals surface area contributed by atoms with Gasteiger partial charge in [0.15, 0.2) is 0 Å². The quantitative estimate of drug-likeness (QED) is 0.708. The number of hydrogen-bond acceptors (Lipinski definition) is 3. The van der Waals surface area contributed by atoms with Crippen LogP contribution in [0.3, 0.4) is 0 Å². The van der Waals surface area contributed by atoms with Crippen molar-refractivity contribution in [2.75, 3.05) is 0 Å². The van der Waals surface area contributed by atoms with Gasteiger partial charge in [-0.05, 0) is 13.0 Å². The van der Waals surface area contributed by atoms with Gasteiger partial charge in [0.05, 0.1) is 11.4 Å². The largest absolute Gasteiger partial charge is 0.255 e. The first-order valence-corrected chi connectivity index (χ1v) is 4.96. The molecule has 0 N–H and O–H groups in total. The van der Waals surface area contributed by atoms with Gasteiger partial charge in [-0.15, -0.1) is 0 Å². The van der Waals surface area contributed by atoms with Crippen molar-refractivity contribution in [2.45, 2.75) is 20.8 Å². The third-order valence-corrected chi connectivity index (χ3v) is 1.44. The van der Waals surface area contributed by atoms with Crippen LogP contribution in [0.25, 0.3) is 5.70 Å². The van der Waals surface area contributed by atoms with Gasteiger partial charge in [-0.1, -0.05) is 32.6 Å². The summed E-state index contributed by atoms with van der Waals surface area (Å²) in [6.45, 7) is 9.47. The maximum atomic E-state index is 4.16. The predicted molar refractivity (Wildman–Crippen MR) is 65.7 cm³/mol. The Labute approximate surface area is 91.3 Å². The topological polar surface area (TPSA) is 38.1 Å². The summed E-state index contributed by atoms with van der Waals surface area (Å²) < 4.78 is 0. The Bertz CT molecular complexity index is 326. The maximum Gasteiger partial charge on any atom is 0.116 e. The molecule has 1 heterocycles. The lowest BCUT2D eigenvalue weighted by atomic mass is 10.3. The van der Waals surface area contributed by atoms with Gasteiger partial charge >= 0.3 is 0 Å². The number of aromatic nitrogens is 2. The van der Waals surface area contributed by atoms with Crippen LogP contribution in [-0.2, 0) is 0 Å². The minimum absolute atomic E-state index is 0.815. The van der Waals surface area contributed by atoms with Gasteiger partial charge < -0.3 is 0 Å². The van der Waals surface area contributed by atoms with E-state index in [1.54, 1.807) is 18.5 Å². The summed E-state index contributed by atoms with van der Waals surface area (Å²) in [6.07, 6.45) is 8.35. The van der Waals surface area contributed by atoms with Gasteiger partial charge in [0.2, 0.25) is 0 Å². The van der Waals surface area contributed by atoms with E-state index in [0.717, 1.165) is 11.4 Å². The number of aliphatic imine (C=N–C) groups is 1. The zero-order valence-corrected chi connectivity index (χ0v) is 9.51. The van der Waals surface area contributed by atoms with Crippen LogP contribution in [0.15, 0.2) is 42.3 Å². The summed E-state index contributed by atoms with van der Waals surface area (Å²) in [5.74, 6) is 0. The first-order chi connectivity index (χ1) is 7.38. The number of allylic oxidation sites excluding steroid dienone is 2. The minimum Gasteiger partial charge on any atom is -0.255 e. The first kappa shape index (κ1) is 13.2. The van der Waals surface area contributed by atoms with E-state index in [-0.39, 0.29) is 0 Å². The van der Waals surface area contributed by atoms with Gasteiger partial charge in [0, 0.05) is 12.4 Å². The Kier molecular flexibility index (Phi) is 7.77. The van der Waals surface area contributed by atoms with Crippen LogP contribution in [0.4, 0.5) is 0 Å². The lowest BCUT2D eigenvalue weighted by Crippen LogP contribution is -1.86. The molecule has 1 aromatic heterocycles. The van der Waals surface area contributed by atoms with E-state index in [1.165, 1.54) is 6.33 Å². The molecule has 0 unspecified atom stereocenters. The monoisotopic (exact) mass is 203 g/mol. The highest BCUT2D eigenvalue weighted by Gasteiger charge is 1.96. The fourth-order valence-corrected chi connectivity index (χ4v) is 0.864. The van der Waals surface area contributed by atoms with E-state index in [0.29, 0.717) is 0 Å². The second-order valence-corrected chi connectivity index (χ2v) is 2.28. The van der Waals surface area contributed by atoms with Crippen LogP contribution < -0.4 is 0 Å². The molecule has 3 heteroatoms. The van der Waals surface area contributed by atoms with Gasteiger partial charge in [0.25, 0.3) is 0 Å². The molecule has 0 spiro atoms. The van der Waals surface area contributed by atoms with Crippen LogP contribution in [0, 0.1) is 0 Å². The molecule has 0 aliphatic heterocycles. The molecular formula is C12H17N3. The molecule has 0 atom stereocenters. The summed E-state index contributed by atoms with van der Waals surface area (Å²) in [7, 11) is 0. The second-order valence-electron chi connectivity index (χ2n) is 2.28. The lowest BCUT2D eigenvalue weighted by Gasteiger charge is -1.97. The van der Waals surface area contributed by atoms with Gasteiger partial charge in [-0.2, -0.15) is 0 Å². The van der Waals surface area contributed by atoms with Gasteiger partial charge in [-0.25, -0.2) is 9.97 Å². The van der Waals surface area contributed by atoms with Crippen molar-refractivity contribution in [3.8, 4) is 0 Å². The highest BCUT2D eigenvalue weighted by Crippen LogP contribution is 2.10. The Morgan fingerprint density at radius 1 is 1.47 bits per heavy atom. The molecule has 0 fully saturated rings. The number of rotatable bonds is 3. The van der Waals surface area contributed by atoms with Gasteiger partial charge in [-0.3, -0.25) is 4.99 Å². The molecule has 1 rings (SSSR count). The SMILES string of the molecule is C=CC=N/C(=C\C)c1ccncn1.CC. The van der Waals surface area contributed by atoms with E-state index >= 15 is 0 Å². The van der Waals surface area contributed by atoms with Crippen molar-refractivity contribution >= 4 is 11.9 Å². The molecule has 0 aliphatic carbocycles. The highest BCUT2D eigenvalue weighted by atomic mass is 14.9. The van der Waals surface area contributed by atoms with Crippen molar-refractivity contribution in [1.29, 1.82) is 0 Å². The van der Waals surface area contributed by atoms with Crippen molar-refractivity contribution in [2.24, 2.45) is 4.99 Å². The summed E-state index contributed by atoms with van der Waals surface area (Å²) in [4.78, 5) is 12.1. The van der Waals surface area contributed by atoms with Crippen LogP contribution in [0.5, 0.6) is 0 Å². The molecule has 3 nitrogen and oxygen atoms in total. The Balaban J connectivity index is 0.000000921. The third kappa shape index (κ3) is 4.86. The van der Waals surface area contributed by atoms with Crippen LogP contribution in [0.2, 0.25) is 0 Å². The summed E-state index contributed by atoms with van der Waals surface area (Å²) >= 11 is 0. The lowest BCUT2D eigenvalue weighted by molar-refractivity contribution is 1.13. The molecule has 15 heavy (non-hydrogen) atoms. The van der Waals surface area contributed by atoms with Crippen molar-refractivity contribution in [1.82, 2.24) is 9.97 Å². The molecule has 0 saturated heterocycles. The van der Waals surface area contributed by atoms with Crippen LogP contribution >= 0.6 is 0 Å². The van der Waals surface area contributed by atoms with E-state index < -0.39 is 0 Å². The van der Waals surface area contributed by atoms with E-state index in [9.17, 15) is 0 Å². The highest BCUT2D eigenvalue weighted by molar-refractivity contribution is 5.78. The maximum absolute atomic E-state index is 4.16. The van der Waals surface area contributed by atoms with E-state index in [4.69, 9.17) is 0 Å². The normalized spacial score (nSPS) is 10.7. The van der Waals surface area contributed by atoms with Gasteiger partial charge in [0.1, 0.15) is 6.33 Å². The molecule has 0 saturated carbocycles. The second kappa shape index (κ2) is 8.81. The van der Waals surface area contributed by atoms with E-state index in [2.05, 4.69) is 21.5 Å². The van der Waals surface area contributed by atoms with Crippen LogP contribution in [-0.4, -0.2) is 16.2 Å². The molecule has 80 valence electrons. The minimum atomic E-state index is 0.815. The predicted octanol–water partition coefficient (Wildman–Crippen LogP) is 3.12. The first-order valence-electron chi connectivity index (χ1n) is 4.96. The summed E-state index contributed by atoms with van der Waals surface area (Å²) in [5.41, 5.74) is 1.64. The smallest absolute Gasteiger partial charge is 0.116 e. The summed E-state index contributed by atoms with van der Waals surface area (Å²) in [5, 5.41) is 0. The average Bonchev–Trinajstić information content (AvgIpc) is 2.34. The van der Waals surface area contributed by atoms with E-state index in [1.807, 2.05) is 32.9 Å². The molecule has 1 aromatic rings. The standard InChI is InChI=1S/C10H11N3.C2H6/c1-3-6-12-9(4-2)10-5-7-11-8-13-10;1-2/h3-8H,1H2,2H3;1-2H3/b9-4-,12-6?;. The molecule has 0 aromatic carbocycles. The fraction of sp³-hybridized carbons (Fsp3) is 0.250. The average molecular weight is 203 g/mol. The molecular weight excluding hydrogens is 186 g/mol. The zero-order chi connectivity index (χ0) is 11.5. The zero-order valence-electron chi connectivity index (χ0n) is 9.51. The fourth-order valence-electron chi connectivity index (χ4n) is 0.864. The summed E-state index contributed by atoms with van der Waals surface area (Å²) in [6, 6.07) is 1.82. The third-order valence-electron chi connectivity index (χ3n) is 1.44. The molecule has 0 amide bonds. The van der Waals surface area contributed by atoms with Crippen molar-refractivity contribution < 1.29 is 0 Å². The molecule has 0 aliphatic rings. The molecule has 0 bridgehead atoms. The Hall–Kier alpha value is -1.77. The van der Waals surface area contributed by atoms with Crippen molar-refractivity contribution in [3.63, 3.8) is 0 Å². The molecule has 0 radical (unpaired) electrons. The van der Waals surface area contributed by atoms with Crippen LogP contribution in [0.1, 0.15) is 26.5 Å². The Morgan fingerprint density at radius 2 is 2.20 bits per heavy atom. The number of hydrogen-bond donors (Lipinski definition) is 0.